The lowest BCUT2D eigenvalue weighted by molar-refractivity contribution is 0.00217. The first-order valence-corrected chi connectivity index (χ1v) is 7.09. The van der Waals surface area contributed by atoms with Crippen LogP contribution < -0.4 is 0 Å². The van der Waals surface area contributed by atoms with Crippen LogP contribution in [0.3, 0.4) is 0 Å². The fourth-order valence-corrected chi connectivity index (χ4v) is 2.54. The molecule has 0 amide bonds. The Hall–Kier alpha value is -0.870. The first-order chi connectivity index (χ1) is 8.79. The third kappa shape index (κ3) is 3.82. The van der Waals surface area contributed by atoms with Crippen LogP contribution in [0.1, 0.15) is 44.9 Å². The summed E-state index contributed by atoms with van der Waals surface area (Å²) in [5.74, 6) is 0.981. The van der Waals surface area contributed by atoms with E-state index in [4.69, 9.17) is 4.74 Å². The summed E-state index contributed by atoms with van der Waals surface area (Å²) in [7, 11) is 0. The molecule has 18 heavy (non-hydrogen) atoms. The molecule has 1 aliphatic rings. The number of aryl methyl sites for hydroxylation is 1. The van der Waals surface area contributed by atoms with Crippen molar-refractivity contribution in [2.75, 3.05) is 6.61 Å². The van der Waals surface area contributed by atoms with Crippen LogP contribution in [0.25, 0.3) is 0 Å². The van der Waals surface area contributed by atoms with E-state index in [1.54, 1.807) is 6.20 Å². The molecule has 1 saturated heterocycles. The van der Waals surface area contributed by atoms with E-state index in [1.165, 1.54) is 12.8 Å². The minimum atomic E-state index is -0.303. The maximum atomic E-state index is 10.1. The number of hydrogen-bond donors (Lipinski definition) is 1. The monoisotopic (exact) mass is 252 g/mol. The summed E-state index contributed by atoms with van der Waals surface area (Å²) in [5, 5.41) is 10.1. The highest BCUT2D eigenvalue weighted by atomic mass is 16.5. The smallest absolute Gasteiger partial charge is 0.111 e. The van der Waals surface area contributed by atoms with Gasteiger partial charge in [-0.3, -0.25) is 0 Å². The van der Waals surface area contributed by atoms with Gasteiger partial charge in [0.05, 0.1) is 12.2 Å². The van der Waals surface area contributed by atoms with Crippen molar-refractivity contribution in [2.45, 2.75) is 64.2 Å². The summed E-state index contributed by atoms with van der Waals surface area (Å²) in [5.41, 5.74) is 0. The van der Waals surface area contributed by atoms with Gasteiger partial charge >= 0.3 is 0 Å². The largest absolute Gasteiger partial charge is 0.393 e. The van der Waals surface area contributed by atoms with Crippen LogP contribution in [0.2, 0.25) is 0 Å². The van der Waals surface area contributed by atoms with E-state index in [-0.39, 0.29) is 6.10 Å². The van der Waals surface area contributed by atoms with E-state index in [9.17, 15) is 5.11 Å². The first-order valence-electron chi connectivity index (χ1n) is 7.09. The van der Waals surface area contributed by atoms with Gasteiger partial charge in [0.25, 0.3) is 0 Å². The fourth-order valence-electron chi connectivity index (χ4n) is 2.54. The molecule has 4 nitrogen and oxygen atoms in total. The number of imidazole rings is 1. The summed E-state index contributed by atoms with van der Waals surface area (Å²) in [6.07, 6.45) is 9.84. The topological polar surface area (TPSA) is 47.3 Å². The van der Waals surface area contributed by atoms with Crippen LogP contribution in [0.5, 0.6) is 0 Å². The first kappa shape index (κ1) is 13.6. The Morgan fingerprint density at radius 2 is 2.44 bits per heavy atom. The van der Waals surface area contributed by atoms with Crippen molar-refractivity contribution < 1.29 is 9.84 Å². The molecule has 0 aliphatic carbocycles. The van der Waals surface area contributed by atoms with Gasteiger partial charge in [0, 0.05) is 32.0 Å². The molecular weight excluding hydrogens is 228 g/mol. The highest BCUT2D eigenvalue weighted by Crippen LogP contribution is 2.18. The lowest BCUT2D eigenvalue weighted by atomic mass is 10.0. The SMILES string of the molecule is CCn1ccnc1CC(O)CCC1CCCCO1. The van der Waals surface area contributed by atoms with Crippen molar-refractivity contribution in [3.63, 3.8) is 0 Å². The number of aromatic nitrogens is 2. The lowest BCUT2D eigenvalue weighted by Gasteiger charge is -2.23. The molecule has 1 aromatic rings. The zero-order chi connectivity index (χ0) is 12.8. The molecule has 2 heterocycles. The van der Waals surface area contributed by atoms with Crippen molar-refractivity contribution in [2.24, 2.45) is 0 Å². The Balaban J connectivity index is 1.72. The molecule has 0 spiro atoms. The van der Waals surface area contributed by atoms with Crippen LogP contribution in [0, 0.1) is 0 Å². The van der Waals surface area contributed by atoms with Crippen molar-refractivity contribution in [3.8, 4) is 0 Å². The summed E-state index contributed by atoms with van der Waals surface area (Å²) in [6, 6.07) is 0. The average Bonchev–Trinajstić information content (AvgIpc) is 2.85. The zero-order valence-corrected chi connectivity index (χ0v) is 11.2. The van der Waals surface area contributed by atoms with Crippen LogP contribution in [-0.4, -0.2) is 33.5 Å². The van der Waals surface area contributed by atoms with E-state index in [1.807, 2.05) is 6.20 Å². The average molecular weight is 252 g/mol. The number of aliphatic hydroxyl groups is 1. The van der Waals surface area contributed by atoms with Gasteiger partial charge in [-0.15, -0.1) is 0 Å². The fraction of sp³-hybridized carbons (Fsp3) is 0.786. The molecule has 2 unspecified atom stereocenters. The van der Waals surface area contributed by atoms with E-state index < -0.39 is 0 Å². The third-order valence-electron chi connectivity index (χ3n) is 3.66. The molecule has 4 heteroatoms. The van der Waals surface area contributed by atoms with Gasteiger partial charge in [0.15, 0.2) is 0 Å². The molecule has 2 atom stereocenters. The van der Waals surface area contributed by atoms with E-state index in [0.717, 1.165) is 38.2 Å². The van der Waals surface area contributed by atoms with Crippen LogP contribution in [0.15, 0.2) is 12.4 Å². The van der Waals surface area contributed by atoms with Crippen LogP contribution in [0.4, 0.5) is 0 Å². The Labute approximate surface area is 109 Å². The molecule has 0 bridgehead atoms. The van der Waals surface area contributed by atoms with Crippen molar-refractivity contribution >= 4 is 0 Å². The van der Waals surface area contributed by atoms with Gasteiger partial charge in [-0.2, -0.15) is 0 Å². The highest BCUT2D eigenvalue weighted by Gasteiger charge is 2.16. The molecule has 1 N–H and O–H groups in total. The number of ether oxygens (including phenoxy) is 1. The molecule has 2 rings (SSSR count). The molecule has 1 aliphatic heterocycles. The summed E-state index contributed by atoms with van der Waals surface area (Å²) in [4.78, 5) is 4.29. The second-order valence-electron chi connectivity index (χ2n) is 5.05. The highest BCUT2D eigenvalue weighted by molar-refractivity contribution is 4.94. The summed E-state index contributed by atoms with van der Waals surface area (Å²) >= 11 is 0. The maximum absolute atomic E-state index is 10.1. The predicted octanol–water partition coefficient (Wildman–Crippen LogP) is 2.16. The molecule has 1 aromatic heterocycles. The van der Waals surface area contributed by atoms with E-state index in [2.05, 4.69) is 16.5 Å². The molecule has 0 saturated carbocycles. The molecule has 1 fully saturated rings. The minimum Gasteiger partial charge on any atom is -0.393 e. The number of rotatable bonds is 6. The van der Waals surface area contributed by atoms with Crippen LogP contribution >= 0.6 is 0 Å². The van der Waals surface area contributed by atoms with Gasteiger partial charge in [-0.05, 0) is 39.0 Å². The molecule has 0 radical (unpaired) electrons. The molecular formula is C14H24N2O2. The Morgan fingerprint density at radius 1 is 1.56 bits per heavy atom. The minimum absolute atomic E-state index is 0.303. The van der Waals surface area contributed by atoms with Gasteiger partial charge < -0.3 is 14.4 Å². The second-order valence-corrected chi connectivity index (χ2v) is 5.05. The molecule has 0 aromatic carbocycles. The Kier molecular flexibility index (Phi) is 5.20. The summed E-state index contributed by atoms with van der Waals surface area (Å²) in [6.45, 7) is 3.89. The van der Waals surface area contributed by atoms with Gasteiger partial charge in [-0.1, -0.05) is 0 Å². The number of hydrogen-bond acceptors (Lipinski definition) is 3. The zero-order valence-electron chi connectivity index (χ0n) is 11.2. The van der Waals surface area contributed by atoms with Gasteiger partial charge in [0.2, 0.25) is 0 Å². The number of aliphatic hydroxyl groups excluding tert-OH is 1. The quantitative estimate of drug-likeness (QED) is 0.844. The summed E-state index contributed by atoms with van der Waals surface area (Å²) < 4.78 is 7.76. The normalized spacial score (nSPS) is 22.0. The maximum Gasteiger partial charge on any atom is 0.111 e. The standard InChI is InChI=1S/C14H24N2O2/c1-2-16-9-8-15-14(16)11-12(17)6-7-13-5-3-4-10-18-13/h8-9,12-13,17H,2-7,10-11H2,1H3. The van der Waals surface area contributed by atoms with E-state index >= 15 is 0 Å². The third-order valence-corrected chi connectivity index (χ3v) is 3.66. The van der Waals surface area contributed by atoms with Crippen molar-refractivity contribution in [1.82, 2.24) is 9.55 Å². The van der Waals surface area contributed by atoms with Crippen molar-refractivity contribution in [1.29, 1.82) is 0 Å². The second kappa shape index (κ2) is 6.90. The number of nitrogens with zero attached hydrogens (tertiary/aromatic N) is 2. The van der Waals surface area contributed by atoms with Gasteiger partial charge in [-0.25, -0.2) is 4.98 Å². The lowest BCUT2D eigenvalue weighted by Crippen LogP contribution is -2.22. The van der Waals surface area contributed by atoms with Gasteiger partial charge in [0.1, 0.15) is 5.82 Å². The van der Waals surface area contributed by atoms with Crippen molar-refractivity contribution in [3.05, 3.63) is 18.2 Å². The van der Waals surface area contributed by atoms with Crippen LogP contribution in [-0.2, 0) is 17.7 Å². The molecule has 102 valence electrons. The Bertz CT molecular complexity index is 345. The predicted molar refractivity (Wildman–Crippen MR) is 70.4 cm³/mol. The Morgan fingerprint density at radius 3 is 3.17 bits per heavy atom. The van der Waals surface area contributed by atoms with E-state index in [0.29, 0.717) is 12.5 Å².